The molecular formula is C13H25N3O4. The van der Waals surface area contributed by atoms with E-state index in [1.54, 1.807) is 0 Å². The van der Waals surface area contributed by atoms with Crippen LogP contribution >= 0.6 is 0 Å². The molecule has 0 aromatic rings. The van der Waals surface area contributed by atoms with Gasteiger partial charge in [-0.05, 0) is 19.8 Å². The predicted octanol–water partition coefficient (Wildman–Crippen LogP) is 0.261. The highest BCUT2D eigenvalue weighted by molar-refractivity contribution is 5.74. The number of morpholine rings is 1. The van der Waals surface area contributed by atoms with Crippen LogP contribution in [0.3, 0.4) is 0 Å². The molecule has 1 atom stereocenters. The number of amides is 2. The average molecular weight is 287 g/mol. The van der Waals surface area contributed by atoms with Gasteiger partial charge in [-0.1, -0.05) is 0 Å². The molecule has 7 nitrogen and oxygen atoms in total. The molecule has 1 unspecified atom stereocenters. The van der Waals surface area contributed by atoms with Crippen molar-refractivity contribution in [1.29, 1.82) is 0 Å². The van der Waals surface area contributed by atoms with Crippen molar-refractivity contribution in [3.8, 4) is 0 Å². The van der Waals surface area contributed by atoms with E-state index in [2.05, 4.69) is 15.5 Å². The number of rotatable bonds is 8. The van der Waals surface area contributed by atoms with Gasteiger partial charge in [0.2, 0.25) is 0 Å². The van der Waals surface area contributed by atoms with Gasteiger partial charge in [0.25, 0.3) is 0 Å². The van der Waals surface area contributed by atoms with Crippen LogP contribution in [-0.2, 0) is 9.53 Å². The maximum atomic E-state index is 11.6. The number of unbranched alkanes of at least 4 members (excludes halogenated alkanes) is 1. The zero-order valence-corrected chi connectivity index (χ0v) is 12.1. The van der Waals surface area contributed by atoms with E-state index in [1.165, 1.54) is 0 Å². The molecule has 2 amide bonds. The molecule has 1 aliphatic heterocycles. The van der Waals surface area contributed by atoms with Gasteiger partial charge < -0.3 is 20.5 Å². The number of hydrogen-bond acceptors (Lipinski definition) is 4. The summed E-state index contributed by atoms with van der Waals surface area (Å²) in [6.07, 6.45) is 1.41. The van der Waals surface area contributed by atoms with E-state index < -0.39 is 5.97 Å². The Balaban J connectivity index is 2.03. The number of ether oxygens (including phenoxy) is 1. The Morgan fingerprint density at radius 2 is 2.00 bits per heavy atom. The van der Waals surface area contributed by atoms with Gasteiger partial charge in [0.05, 0.1) is 13.2 Å². The van der Waals surface area contributed by atoms with Crippen LogP contribution in [0.15, 0.2) is 0 Å². The van der Waals surface area contributed by atoms with E-state index in [9.17, 15) is 9.59 Å². The van der Waals surface area contributed by atoms with E-state index in [0.29, 0.717) is 19.4 Å². The molecule has 0 bridgehead atoms. The zero-order valence-electron chi connectivity index (χ0n) is 12.1. The molecule has 1 aliphatic rings. The summed E-state index contributed by atoms with van der Waals surface area (Å²) in [6.45, 7) is 6.61. The van der Waals surface area contributed by atoms with Crippen molar-refractivity contribution in [2.24, 2.45) is 0 Å². The second kappa shape index (κ2) is 9.55. The topological polar surface area (TPSA) is 90.9 Å². The molecule has 0 spiro atoms. The Morgan fingerprint density at radius 3 is 2.65 bits per heavy atom. The van der Waals surface area contributed by atoms with Crippen LogP contribution in [0.1, 0.15) is 26.2 Å². The van der Waals surface area contributed by atoms with Crippen molar-refractivity contribution in [2.45, 2.75) is 32.2 Å². The molecule has 1 heterocycles. The lowest BCUT2D eigenvalue weighted by molar-refractivity contribution is -0.137. The van der Waals surface area contributed by atoms with Crippen molar-refractivity contribution in [2.75, 3.05) is 39.4 Å². The molecule has 7 heteroatoms. The Hall–Kier alpha value is -1.34. The number of aliphatic carboxylic acids is 1. The molecule has 116 valence electrons. The van der Waals surface area contributed by atoms with Crippen LogP contribution in [0.4, 0.5) is 4.79 Å². The second-order valence-electron chi connectivity index (χ2n) is 5.07. The minimum absolute atomic E-state index is 0.0760. The van der Waals surface area contributed by atoms with E-state index in [0.717, 1.165) is 32.8 Å². The number of carboxylic acids is 1. The largest absolute Gasteiger partial charge is 0.481 e. The lowest BCUT2D eigenvalue weighted by Crippen LogP contribution is -2.48. The molecule has 20 heavy (non-hydrogen) atoms. The Morgan fingerprint density at radius 1 is 1.30 bits per heavy atom. The molecule has 1 rings (SSSR count). The minimum atomic E-state index is -0.798. The van der Waals surface area contributed by atoms with Crippen LogP contribution in [0.5, 0.6) is 0 Å². The highest BCUT2D eigenvalue weighted by Crippen LogP contribution is 1.98. The first-order chi connectivity index (χ1) is 9.58. The van der Waals surface area contributed by atoms with Gasteiger partial charge in [-0.15, -0.1) is 0 Å². The van der Waals surface area contributed by atoms with Crippen LogP contribution in [0, 0.1) is 0 Å². The quantitative estimate of drug-likeness (QED) is 0.557. The Bertz CT molecular complexity index is 306. The smallest absolute Gasteiger partial charge is 0.315 e. The van der Waals surface area contributed by atoms with Gasteiger partial charge in [0.1, 0.15) is 0 Å². The summed E-state index contributed by atoms with van der Waals surface area (Å²) in [6, 6.07) is -0.117. The summed E-state index contributed by atoms with van der Waals surface area (Å²) >= 11 is 0. The fourth-order valence-corrected chi connectivity index (χ4v) is 2.09. The lowest BCUT2D eigenvalue weighted by Gasteiger charge is -2.29. The summed E-state index contributed by atoms with van der Waals surface area (Å²) in [5.74, 6) is -0.798. The van der Waals surface area contributed by atoms with Crippen molar-refractivity contribution in [1.82, 2.24) is 15.5 Å². The summed E-state index contributed by atoms with van der Waals surface area (Å²) in [4.78, 5) is 24.2. The van der Waals surface area contributed by atoms with Crippen LogP contribution in [0.2, 0.25) is 0 Å². The molecule has 0 aromatic heterocycles. The van der Waals surface area contributed by atoms with Crippen LogP contribution in [0.25, 0.3) is 0 Å². The number of urea groups is 1. The standard InChI is InChI=1S/C13H25N3O4/c1-11(10-16-6-8-20-9-7-16)15-13(19)14-5-3-2-4-12(17)18/h11H,2-10H2,1H3,(H,17,18)(H2,14,15,19). The predicted molar refractivity (Wildman–Crippen MR) is 74.7 cm³/mol. The third-order valence-corrected chi connectivity index (χ3v) is 3.12. The van der Waals surface area contributed by atoms with Gasteiger partial charge >= 0.3 is 12.0 Å². The molecule has 0 radical (unpaired) electrons. The summed E-state index contributed by atoms with van der Waals surface area (Å²) in [5, 5.41) is 14.1. The molecule has 0 aliphatic carbocycles. The van der Waals surface area contributed by atoms with E-state index in [1.807, 2.05) is 6.92 Å². The molecular weight excluding hydrogens is 262 g/mol. The number of nitrogens with zero attached hydrogens (tertiary/aromatic N) is 1. The first-order valence-electron chi connectivity index (χ1n) is 7.14. The first-order valence-corrected chi connectivity index (χ1v) is 7.14. The molecule has 0 aromatic carbocycles. The molecule has 3 N–H and O–H groups in total. The lowest BCUT2D eigenvalue weighted by atomic mass is 10.2. The van der Waals surface area contributed by atoms with Gasteiger partial charge in [-0.25, -0.2) is 4.79 Å². The Kier molecular flexibility index (Phi) is 7.98. The van der Waals surface area contributed by atoms with Gasteiger partial charge in [-0.2, -0.15) is 0 Å². The van der Waals surface area contributed by atoms with Crippen molar-refractivity contribution < 1.29 is 19.4 Å². The number of carbonyl (C=O) groups excluding carboxylic acids is 1. The molecule has 1 saturated heterocycles. The average Bonchev–Trinajstić information content (AvgIpc) is 2.38. The molecule has 0 saturated carbocycles. The van der Waals surface area contributed by atoms with Gasteiger partial charge in [0.15, 0.2) is 0 Å². The van der Waals surface area contributed by atoms with Gasteiger partial charge in [-0.3, -0.25) is 9.69 Å². The normalized spacial score (nSPS) is 17.4. The SMILES string of the molecule is CC(CN1CCOCC1)NC(=O)NCCCCC(=O)O. The van der Waals surface area contributed by atoms with Crippen molar-refractivity contribution >= 4 is 12.0 Å². The number of carboxylic acid groups (broad SMARTS) is 1. The van der Waals surface area contributed by atoms with E-state index in [-0.39, 0.29) is 18.5 Å². The summed E-state index contributed by atoms with van der Waals surface area (Å²) in [5.41, 5.74) is 0. The van der Waals surface area contributed by atoms with Crippen LogP contribution in [-0.4, -0.2) is 67.4 Å². The van der Waals surface area contributed by atoms with E-state index >= 15 is 0 Å². The summed E-state index contributed by atoms with van der Waals surface area (Å²) in [7, 11) is 0. The highest BCUT2D eigenvalue weighted by Gasteiger charge is 2.14. The Labute approximate surface area is 119 Å². The van der Waals surface area contributed by atoms with Crippen LogP contribution < -0.4 is 10.6 Å². The number of hydrogen-bond donors (Lipinski definition) is 3. The monoisotopic (exact) mass is 287 g/mol. The number of nitrogens with one attached hydrogen (secondary N) is 2. The number of carbonyl (C=O) groups is 2. The second-order valence-corrected chi connectivity index (χ2v) is 5.07. The first kappa shape index (κ1) is 16.7. The minimum Gasteiger partial charge on any atom is -0.481 e. The maximum absolute atomic E-state index is 11.6. The highest BCUT2D eigenvalue weighted by atomic mass is 16.5. The zero-order chi connectivity index (χ0) is 14.8. The third-order valence-electron chi connectivity index (χ3n) is 3.12. The summed E-state index contributed by atoms with van der Waals surface area (Å²) < 4.78 is 5.27. The fourth-order valence-electron chi connectivity index (χ4n) is 2.09. The van der Waals surface area contributed by atoms with E-state index in [4.69, 9.17) is 9.84 Å². The van der Waals surface area contributed by atoms with Crippen molar-refractivity contribution in [3.05, 3.63) is 0 Å². The molecule has 1 fully saturated rings. The van der Waals surface area contributed by atoms with Gasteiger partial charge in [0, 0.05) is 38.6 Å². The third kappa shape index (κ3) is 7.96. The maximum Gasteiger partial charge on any atom is 0.315 e. The van der Waals surface area contributed by atoms with Crippen molar-refractivity contribution in [3.63, 3.8) is 0 Å². The fraction of sp³-hybridized carbons (Fsp3) is 0.846.